The fraction of sp³-hybridized carbons (Fsp3) is 0.562. The molecule has 0 radical (unpaired) electrons. The van der Waals surface area contributed by atoms with Gasteiger partial charge in [0.1, 0.15) is 0 Å². The smallest absolute Gasteiger partial charge is 0.251 e. The number of nitrogens with one attached hydrogen (secondary N) is 1. The van der Waals surface area contributed by atoms with Crippen LogP contribution in [0.3, 0.4) is 0 Å². The fourth-order valence-corrected chi connectivity index (χ4v) is 4.11. The molecular weight excluding hydrogens is 300 g/mol. The Labute approximate surface area is 132 Å². The van der Waals surface area contributed by atoms with Crippen LogP contribution in [0.2, 0.25) is 0 Å². The van der Waals surface area contributed by atoms with Crippen LogP contribution in [-0.4, -0.2) is 44.0 Å². The van der Waals surface area contributed by atoms with Gasteiger partial charge in [0.15, 0.2) is 0 Å². The van der Waals surface area contributed by atoms with E-state index >= 15 is 0 Å². The molecule has 1 aliphatic rings. The summed E-state index contributed by atoms with van der Waals surface area (Å²) in [6.45, 7) is 5.45. The SMILES string of the molecule is CC(C)c1ccc(C(=O)NCCN2CCCCS2(=O)=O)cc1. The second kappa shape index (κ2) is 7.24. The van der Waals surface area contributed by atoms with Crippen molar-refractivity contribution in [1.82, 2.24) is 9.62 Å². The van der Waals surface area contributed by atoms with Crippen molar-refractivity contribution >= 4 is 15.9 Å². The number of amides is 1. The van der Waals surface area contributed by atoms with Crippen LogP contribution in [0.25, 0.3) is 0 Å². The maximum absolute atomic E-state index is 12.0. The van der Waals surface area contributed by atoms with Crippen molar-refractivity contribution in [2.75, 3.05) is 25.4 Å². The molecule has 22 heavy (non-hydrogen) atoms. The summed E-state index contributed by atoms with van der Waals surface area (Å²) in [5, 5.41) is 2.79. The Morgan fingerprint density at radius 1 is 1.23 bits per heavy atom. The van der Waals surface area contributed by atoms with Gasteiger partial charge in [-0.3, -0.25) is 4.79 Å². The highest BCUT2D eigenvalue weighted by Gasteiger charge is 2.25. The van der Waals surface area contributed by atoms with Crippen LogP contribution < -0.4 is 5.32 Å². The van der Waals surface area contributed by atoms with Gasteiger partial charge in [0.05, 0.1) is 5.75 Å². The standard InChI is InChI=1S/C16H24N2O3S/c1-13(2)14-5-7-15(8-6-14)16(19)17-9-11-18-10-3-4-12-22(18,20)21/h5-8,13H,3-4,9-12H2,1-2H3,(H,17,19). The Kier molecular flexibility index (Phi) is 5.58. The van der Waals surface area contributed by atoms with Gasteiger partial charge in [0.2, 0.25) is 10.0 Å². The molecule has 1 heterocycles. The van der Waals surface area contributed by atoms with Crippen LogP contribution >= 0.6 is 0 Å². The van der Waals surface area contributed by atoms with Gasteiger partial charge < -0.3 is 5.32 Å². The zero-order valence-corrected chi connectivity index (χ0v) is 14.0. The summed E-state index contributed by atoms with van der Waals surface area (Å²) in [6, 6.07) is 7.52. The summed E-state index contributed by atoms with van der Waals surface area (Å²) in [5.74, 6) is 0.489. The minimum absolute atomic E-state index is 0.162. The number of nitrogens with zero attached hydrogens (tertiary/aromatic N) is 1. The first kappa shape index (κ1) is 17.0. The average Bonchev–Trinajstić information content (AvgIpc) is 2.48. The molecule has 1 aromatic carbocycles. The molecule has 1 N–H and O–H groups in total. The van der Waals surface area contributed by atoms with E-state index in [-0.39, 0.29) is 11.7 Å². The molecule has 0 unspecified atom stereocenters. The number of carbonyl (C=O) groups excluding carboxylic acids is 1. The van der Waals surface area contributed by atoms with E-state index in [1.54, 1.807) is 0 Å². The summed E-state index contributed by atoms with van der Waals surface area (Å²) in [6.07, 6.45) is 1.62. The van der Waals surface area contributed by atoms with E-state index in [2.05, 4.69) is 19.2 Å². The van der Waals surface area contributed by atoms with Crippen LogP contribution in [0, 0.1) is 0 Å². The summed E-state index contributed by atoms with van der Waals surface area (Å²) in [7, 11) is -3.12. The Morgan fingerprint density at radius 3 is 2.50 bits per heavy atom. The summed E-state index contributed by atoms with van der Waals surface area (Å²) in [4.78, 5) is 12.0. The van der Waals surface area contributed by atoms with Gasteiger partial charge in [0, 0.05) is 25.2 Å². The molecule has 6 heteroatoms. The van der Waals surface area contributed by atoms with Crippen molar-refractivity contribution in [3.8, 4) is 0 Å². The largest absolute Gasteiger partial charge is 0.351 e. The molecule has 0 bridgehead atoms. The minimum Gasteiger partial charge on any atom is -0.351 e. The molecular formula is C16H24N2O3S. The molecule has 1 saturated heterocycles. The van der Waals surface area contributed by atoms with Crippen LogP contribution in [0.15, 0.2) is 24.3 Å². The van der Waals surface area contributed by atoms with Crippen LogP contribution in [0.5, 0.6) is 0 Å². The highest BCUT2D eigenvalue weighted by Crippen LogP contribution is 2.15. The normalized spacial score (nSPS) is 18.3. The lowest BCUT2D eigenvalue weighted by atomic mass is 10.0. The first-order valence-electron chi connectivity index (χ1n) is 7.76. The summed E-state index contributed by atoms with van der Waals surface area (Å²) >= 11 is 0. The maximum atomic E-state index is 12.0. The third-order valence-corrected chi connectivity index (χ3v) is 5.90. The van der Waals surface area contributed by atoms with Crippen molar-refractivity contribution in [1.29, 1.82) is 0 Å². The monoisotopic (exact) mass is 324 g/mol. The molecule has 1 amide bonds. The van der Waals surface area contributed by atoms with Crippen molar-refractivity contribution in [2.45, 2.75) is 32.6 Å². The van der Waals surface area contributed by atoms with E-state index in [0.29, 0.717) is 31.1 Å². The minimum atomic E-state index is -3.12. The predicted molar refractivity (Wildman–Crippen MR) is 87.5 cm³/mol. The van der Waals surface area contributed by atoms with Crippen molar-refractivity contribution in [2.24, 2.45) is 0 Å². The first-order chi connectivity index (χ1) is 10.4. The summed E-state index contributed by atoms with van der Waals surface area (Å²) in [5.41, 5.74) is 1.79. The highest BCUT2D eigenvalue weighted by molar-refractivity contribution is 7.89. The number of carbonyl (C=O) groups is 1. The third kappa shape index (κ3) is 4.30. The van der Waals surface area contributed by atoms with E-state index in [1.165, 1.54) is 9.87 Å². The molecule has 1 aromatic rings. The second-order valence-corrected chi connectivity index (χ2v) is 8.04. The molecule has 0 aromatic heterocycles. The Morgan fingerprint density at radius 2 is 1.91 bits per heavy atom. The highest BCUT2D eigenvalue weighted by atomic mass is 32.2. The third-order valence-electron chi connectivity index (χ3n) is 3.94. The van der Waals surface area contributed by atoms with E-state index in [1.807, 2.05) is 24.3 Å². The Hall–Kier alpha value is -1.40. The molecule has 5 nitrogen and oxygen atoms in total. The van der Waals surface area contributed by atoms with Gasteiger partial charge in [-0.15, -0.1) is 0 Å². The number of rotatable bonds is 5. The predicted octanol–water partition coefficient (Wildman–Crippen LogP) is 1.97. The number of sulfonamides is 1. The van der Waals surface area contributed by atoms with E-state index < -0.39 is 10.0 Å². The van der Waals surface area contributed by atoms with Gasteiger partial charge in [-0.1, -0.05) is 26.0 Å². The fourth-order valence-electron chi connectivity index (χ4n) is 2.51. The molecule has 0 saturated carbocycles. The van der Waals surface area contributed by atoms with Crippen LogP contribution in [0.4, 0.5) is 0 Å². The van der Waals surface area contributed by atoms with Crippen molar-refractivity contribution in [3.05, 3.63) is 35.4 Å². The lowest BCUT2D eigenvalue weighted by molar-refractivity contribution is 0.0951. The second-order valence-electron chi connectivity index (χ2n) is 5.95. The summed E-state index contributed by atoms with van der Waals surface area (Å²) < 4.78 is 25.2. The number of hydrogen-bond donors (Lipinski definition) is 1. The first-order valence-corrected chi connectivity index (χ1v) is 9.37. The van der Waals surface area contributed by atoms with Crippen LogP contribution in [0.1, 0.15) is 48.5 Å². The number of hydrogen-bond acceptors (Lipinski definition) is 3. The van der Waals surface area contributed by atoms with Gasteiger partial charge in [-0.2, -0.15) is 0 Å². The lowest BCUT2D eigenvalue weighted by Crippen LogP contribution is -2.42. The quantitative estimate of drug-likeness (QED) is 0.900. The van der Waals surface area contributed by atoms with Gasteiger partial charge in [0.25, 0.3) is 5.91 Å². The Balaban J connectivity index is 1.85. The molecule has 2 rings (SSSR count). The molecule has 122 valence electrons. The molecule has 1 aliphatic heterocycles. The van der Waals surface area contributed by atoms with E-state index in [0.717, 1.165) is 12.8 Å². The average molecular weight is 324 g/mol. The van der Waals surface area contributed by atoms with Gasteiger partial charge in [-0.05, 0) is 36.5 Å². The molecule has 0 aliphatic carbocycles. The van der Waals surface area contributed by atoms with Gasteiger partial charge in [-0.25, -0.2) is 12.7 Å². The molecule has 0 spiro atoms. The van der Waals surface area contributed by atoms with Crippen molar-refractivity contribution in [3.63, 3.8) is 0 Å². The topological polar surface area (TPSA) is 66.5 Å². The van der Waals surface area contributed by atoms with Gasteiger partial charge >= 0.3 is 0 Å². The van der Waals surface area contributed by atoms with Crippen LogP contribution in [-0.2, 0) is 10.0 Å². The van der Waals surface area contributed by atoms with E-state index in [9.17, 15) is 13.2 Å². The zero-order valence-electron chi connectivity index (χ0n) is 13.2. The molecule has 1 fully saturated rings. The Bertz CT molecular complexity index is 609. The van der Waals surface area contributed by atoms with Crippen molar-refractivity contribution < 1.29 is 13.2 Å². The van der Waals surface area contributed by atoms with E-state index in [4.69, 9.17) is 0 Å². The lowest BCUT2D eigenvalue weighted by Gasteiger charge is -2.26. The maximum Gasteiger partial charge on any atom is 0.251 e. The zero-order chi connectivity index (χ0) is 16.2. The number of benzene rings is 1. The molecule has 0 atom stereocenters.